The van der Waals surface area contributed by atoms with Crippen molar-refractivity contribution in [3.8, 4) is 6.07 Å². The fraction of sp³-hybridized carbons (Fsp3) is 0.250. The first kappa shape index (κ1) is 21.8. The van der Waals surface area contributed by atoms with Gasteiger partial charge in [0.15, 0.2) is 6.10 Å². The average Bonchev–Trinajstić information content (AvgIpc) is 3.02. The number of esters is 1. The van der Waals surface area contributed by atoms with Crippen LogP contribution in [0.3, 0.4) is 0 Å². The zero-order valence-electron chi connectivity index (χ0n) is 18.0. The summed E-state index contributed by atoms with van der Waals surface area (Å²) in [5, 5.41) is 16.3. The van der Waals surface area contributed by atoms with E-state index in [9.17, 15) is 9.59 Å². The molecule has 3 aromatic rings. The van der Waals surface area contributed by atoms with Crippen LogP contribution >= 0.6 is 0 Å². The molecule has 31 heavy (non-hydrogen) atoms. The molecule has 0 saturated carbocycles. The maximum Gasteiger partial charge on any atom is 0.342 e. The fourth-order valence-corrected chi connectivity index (χ4v) is 3.21. The number of benzene rings is 2. The molecule has 0 aliphatic carbocycles. The lowest BCUT2D eigenvalue weighted by atomic mass is 10.1. The summed E-state index contributed by atoms with van der Waals surface area (Å²) in [6.07, 6.45) is -1.04. The van der Waals surface area contributed by atoms with Gasteiger partial charge in [-0.05, 0) is 45.4 Å². The quantitative estimate of drug-likeness (QED) is 0.615. The predicted molar refractivity (Wildman–Crippen MR) is 117 cm³/mol. The Bertz CT molecular complexity index is 1160. The van der Waals surface area contributed by atoms with E-state index in [1.807, 2.05) is 37.3 Å². The highest BCUT2D eigenvalue weighted by molar-refractivity contribution is 5.98. The SMILES string of the molecule is Cc1ccc(Cn2nc(C)c(C(=O)O[C@@H](C)C(=O)Nc3ccccc3C#N)c2C)cc1. The third-order valence-corrected chi connectivity index (χ3v) is 5.00. The molecule has 0 unspecified atom stereocenters. The van der Waals surface area contributed by atoms with Crippen LogP contribution in [0.25, 0.3) is 0 Å². The molecule has 0 radical (unpaired) electrons. The maximum atomic E-state index is 12.8. The predicted octanol–water partition coefficient (Wildman–Crippen LogP) is 3.91. The number of nitriles is 1. The Morgan fingerprint density at radius 1 is 1.13 bits per heavy atom. The highest BCUT2D eigenvalue weighted by atomic mass is 16.5. The van der Waals surface area contributed by atoms with Gasteiger partial charge in [-0.3, -0.25) is 9.48 Å². The van der Waals surface area contributed by atoms with E-state index >= 15 is 0 Å². The van der Waals surface area contributed by atoms with Gasteiger partial charge in [0.1, 0.15) is 11.6 Å². The minimum absolute atomic E-state index is 0.332. The van der Waals surface area contributed by atoms with E-state index in [0.29, 0.717) is 34.7 Å². The van der Waals surface area contributed by atoms with Gasteiger partial charge >= 0.3 is 5.97 Å². The van der Waals surface area contributed by atoms with Crippen LogP contribution in [0.1, 0.15) is 45.4 Å². The zero-order valence-corrected chi connectivity index (χ0v) is 18.0. The molecule has 0 saturated heterocycles. The molecule has 3 rings (SSSR count). The van der Waals surface area contributed by atoms with Crippen LogP contribution in [0.5, 0.6) is 0 Å². The Hall–Kier alpha value is -3.92. The van der Waals surface area contributed by atoms with Gasteiger partial charge < -0.3 is 10.1 Å². The van der Waals surface area contributed by atoms with Crippen LogP contribution in [0, 0.1) is 32.1 Å². The molecule has 0 fully saturated rings. The topological polar surface area (TPSA) is 97.0 Å². The van der Waals surface area contributed by atoms with Crippen molar-refractivity contribution >= 4 is 17.6 Å². The molecule has 1 amide bonds. The first-order valence-corrected chi connectivity index (χ1v) is 9.90. The molecule has 7 heteroatoms. The van der Waals surface area contributed by atoms with Gasteiger partial charge in [-0.2, -0.15) is 10.4 Å². The van der Waals surface area contributed by atoms with E-state index in [0.717, 1.165) is 5.56 Å². The molecule has 0 spiro atoms. The second-order valence-electron chi connectivity index (χ2n) is 7.38. The minimum Gasteiger partial charge on any atom is -0.449 e. The van der Waals surface area contributed by atoms with Crippen LogP contribution in [0.2, 0.25) is 0 Å². The number of rotatable bonds is 6. The molecule has 1 atom stereocenters. The molecular weight excluding hydrogens is 392 g/mol. The van der Waals surface area contributed by atoms with Gasteiger partial charge in [-0.1, -0.05) is 42.0 Å². The first-order chi connectivity index (χ1) is 14.8. The maximum absolute atomic E-state index is 12.8. The number of hydrogen-bond acceptors (Lipinski definition) is 5. The number of nitrogens with one attached hydrogen (secondary N) is 1. The van der Waals surface area contributed by atoms with Crippen molar-refractivity contribution in [2.24, 2.45) is 0 Å². The molecule has 0 bridgehead atoms. The first-order valence-electron chi connectivity index (χ1n) is 9.90. The zero-order chi connectivity index (χ0) is 22.5. The van der Waals surface area contributed by atoms with Crippen molar-refractivity contribution in [3.05, 3.63) is 82.2 Å². The Kier molecular flexibility index (Phi) is 6.51. The number of nitrogens with zero attached hydrogens (tertiary/aromatic N) is 3. The molecule has 0 aliphatic heterocycles. The number of amides is 1. The highest BCUT2D eigenvalue weighted by Crippen LogP contribution is 2.18. The van der Waals surface area contributed by atoms with Gasteiger partial charge in [0, 0.05) is 0 Å². The van der Waals surface area contributed by atoms with E-state index in [2.05, 4.69) is 10.4 Å². The van der Waals surface area contributed by atoms with E-state index in [-0.39, 0.29) is 0 Å². The standard InChI is InChI=1S/C24H24N4O3/c1-15-9-11-19(12-10-15)14-28-17(3)22(16(2)27-28)24(30)31-18(4)23(29)26-21-8-6-5-7-20(21)13-25/h5-12,18H,14H2,1-4H3,(H,26,29)/t18-/m0/s1. The van der Waals surface area contributed by atoms with Gasteiger partial charge in [0.25, 0.3) is 5.91 Å². The lowest BCUT2D eigenvalue weighted by Gasteiger charge is -2.14. The largest absolute Gasteiger partial charge is 0.449 e. The third kappa shape index (κ3) is 4.98. The molecule has 158 valence electrons. The fourth-order valence-electron chi connectivity index (χ4n) is 3.21. The molecule has 1 N–H and O–H groups in total. The Morgan fingerprint density at radius 2 is 1.81 bits per heavy atom. The normalized spacial score (nSPS) is 11.5. The van der Waals surface area contributed by atoms with Crippen molar-refractivity contribution in [2.45, 2.75) is 40.3 Å². The van der Waals surface area contributed by atoms with Crippen molar-refractivity contribution < 1.29 is 14.3 Å². The van der Waals surface area contributed by atoms with E-state index in [1.165, 1.54) is 12.5 Å². The Morgan fingerprint density at radius 3 is 2.48 bits per heavy atom. The summed E-state index contributed by atoms with van der Waals surface area (Å²) in [5.74, 6) is -1.13. The van der Waals surface area contributed by atoms with E-state index in [1.54, 1.807) is 42.8 Å². The van der Waals surface area contributed by atoms with Crippen LogP contribution in [-0.2, 0) is 16.1 Å². The monoisotopic (exact) mass is 416 g/mol. The van der Waals surface area contributed by atoms with Crippen LogP contribution in [0.15, 0.2) is 48.5 Å². The third-order valence-electron chi connectivity index (χ3n) is 5.00. The lowest BCUT2D eigenvalue weighted by Crippen LogP contribution is -2.30. The molecule has 2 aromatic carbocycles. The van der Waals surface area contributed by atoms with E-state index < -0.39 is 18.0 Å². The molecule has 1 heterocycles. The Balaban J connectivity index is 1.71. The lowest BCUT2D eigenvalue weighted by molar-refractivity contribution is -0.123. The molecule has 1 aromatic heterocycles. The van der Waals surface area contributed by atoms with Gasteiger partial charge in [0.2, 0.25) is 0 Å². The van der Waals surface area contributed by atoms with Crippen LogP contribution < -0.4 is 5.32 Å². The minimum atomic E-state index is -1.04. The van der Waals surface area contributed by atoms with Gasteiger partial charge in [-0.25, -0.2) is 4.79 Å². The Labute approximate surface area is 181 Å². The number of para-hydroxylation sites is 1. The number of anilines is 1. The summed E-state index contributed by atoms with van der Waals surface area (Å²) in [4.78, 5) is 25.3. The summed E-state index contributed by atoms with van der Waals surface area (Å²) in [6, 6.07) is 16.8. The number of ether oxygens (including phenoxy) is 1. The molecule has 0 aliphatic rings. The summed E-state index contributed by atoms with van der Waals surface area (Å²) in [7, 11) is 0. The number of carbonyl (C=O) groups is 2. The summed E-state index contributed by atoms with van der Waals surface area (Å²) >= 11 is 0. The van der Waals surface area contributed by atoms with Gasteiger partial charge in [0.05, 0.1) is 29.2 Å². The van der Waals surface area contributed by atoms with Crippen molar-refractivity contribution in [2.75, 3.05) is 5.32 Å². The summed E-state index contributed by atoms with van der Waals surface area (Å²) < 4.78 is 7.15. The van der Waals surface area contributed by atoms with Crippen molar-refractivity contribution in [3.63, 3.8) is 0 Å². The van der Waals surface area contributed by atoms with Crippen LogP contribution in [0.4, 0.5) is 5.69 Å². The second kappa shape index (κ2) is 9.26. The molecule has 7 nitrogen and oxygen atoms in total. The summed E-state index contributed by atoms with van der Waals surface area (Å²) in [5.41, 5.74) is 4.51. The smallest absolute Gasteiger partial charge is 0.342 e. The highest BCUT2D eigenvalue weighted by Gasteiger charge is 2.25. The number of aromatic nitrogens is 2. The van der Waals surface area contributed by atoms with Gasteiger partial charge in [-0.15, -0.1) is 0 Å². The van der Waals surface area contributed by atoms with E-state index in [4.69, 9.17) is 10.00 Å². The number of carbonyl (C=O) groups excluding carboxylic acids is 2. The number of hydrogen-bond donors (Lipinski definition) is 1. The van der Waals surface area contributed by atoms with Crippen molar-refractivity contribution in [1.82, 2.24) is 9.78 Å². The number of aryl methyl sites for hydroxylation is 2. The molecular formula is C24H24N4O3. The second-order valence-corrected chi connectivity index (χ2v) is 7.38. The average molecular weight is 416 g/mol. The summed E-state index contributed by atoms with van der Waals surface area (Å²) in [6.45, 7) is 7.59. The van der Waals surface area contributed by atoms with Crippen molar-refractivity contribution in [1.29, 1.82) is 5.26 Å². The van der Waals surface area contributed by atoms with Crippen LogP contribution in [-0.4, -0.2) is 27.8 Å².